The number of halogens is 1. The minimum absolute atomic E-state index is 0.127. The Morgan fingerprint density at radius 2 is 2.30 bits per heavy atom. The number of rotatable bonds is 2. The molecule has 1 aliphatic heterocycles. The number of alkyl halides is 1. The Morgan fingerprint density at radius 3 is 2.70 bits per heavy atom. The van der Waals surface area contributed by atoms with Crippen molar-refractivity contribution in [3.8, 4) is 0 Å². The average molecular weight is 208 g/mol. The number of amides is 1. The van der Waals surface area contributed by atoms with Gasteiger partial charge >= 0.3 is 0 Å². The van der Waals surface area contributed by atoms with Crippen LogP contribution in [0.1, 0.15) is 6.42 Å². The zero-order valence-corrected chi connectivity index (χ0v) is 7.17. The maximum Gasteiger partial charge on any atom is 0.223 e. The van der Waals surface area contributed by atoms with Crippen LogP contribution in [0.2, 0.25) is 0 Å². The van der Waals surface area contributed by atoms with Gasteiger partial charge in [-0.05, 0) is 0 Å². The first kappa shape index (κ1) is 8.01. The van der Waals surface area contributed by atoms with Crippen LogP contribution in [-0.2, 0) is 4.79 Å². The molecule has 0 aromatic heterocycles. The predicted octanol–water partition coefficient (Wildman–Crippen LogP) is -0.0255. The molecule has 58 valence electrons. The van der Waals surface area contributed by atoms with Gasteiger partial charge in [0.1, 0.15) is 0 Å². The molecule has 4 heteroatoms. The molecule has 0 bridgehead atoms. The Balaban J connectivity index is 2.18. The summed E-state index contributed by atoms with van der Waals surface area (Å²) in [5.74, 6) is 0.127. The SMILES string of the molecule is O=C(CCBr)N1CC(O)C1. The lowest BCUT2D eigenvalue weighted by atomic mass is 10.1. The molecular formula is C6H10BrNO2. The fourth-order valence-corrected chi connectivity index (χ4v) is 1.24. The fraction of sp³-hybridized carbons (Fsp3) is 0.833. The number of aliphatic hydroxyl groups excluding tert-OH is 1. The third kappa shape index (κ3) is 1.70. The molecule has 0 atom stereocenters. The van der Waals surface area contributed by atoms with E-state index in [0.717, 1.165) is 0 Å². The third-order valence-electron chi connectivity index (χ3n) is 1.52. The third-order valence-corrected chi connectivity index (χ3v) is 1.92. The van der Waals surface area contributed by atoms with Crippen LogP contribution in [0.3, 0.4) is 0 Å². The molecule has 0 radical (unpaired) electrons. The van der Waals surface area contributed by atoms with Crippen LogP contribution >= 0.6 is 15.9 Å². The van der Waals surface area contributed by atoms with Crippen LogP contribution in [0, 0.1) is 0 Å². The van der Waals surface area contributed by atoms with Crippen molar-refractivity contribution in [3.63, 3.8) is 0 Å². The first-order valence-electron chi connectivity index (χ1n) is 3.26. The van der Waals surface area contributed by atoms with E-state index in [2.05, 4.69) is 15.9 Å². The lowest BCUT2D eigenvalue weighted by Gasteiger charge is -2.35. The van der Waals surface area contributed by atoms with Crippen molar-refractivity contribution in [1.82, 2.24) is 4.90 Å². The quantitative estimate of drug-likeness (QED) is 0.647. The molecule has 1 N–H and O–H groups in total. The maximum atomic E-state index is 11.0. The van der Waals surface area contributed by atoms with Crippen molar-refractivity contribution in [3.05, 3.63) is 0 Å². The van der Waals surface area contributed by atoms with Crippen LogP contribution in [-0.4, -0.2) is 40.4 Å². The minimum Gasteiger partial charge on any atom is -0.389 e. The summed E-state index contributed by atoms with van der Waals surface area (Å²) < 4.78 is 0. The molecule has 1 fully saturated rings. The van der Waals surface area contributed by atoms with Crippen molar-refractivity contribution in [2.45, 2.75) is 12.5 Å². The lowest BCUT2D eigenvalue weighted by molar-refractivity contribution is -0.140. The van der Waals surface area contributed by atoms with E-state index in [4.69, 9.17) is 5.11 Å². The molecular weight excluding hydrogens is 198 g/mol. The van der Waals surface area contributed by atoms with Crippen LogP contribution in [0.5, 0.6) is 0 Å². The molecule has 1 saturated heterocycles. The molecule has 3 nitrogen and oxygen atoms in total. The number of carbonyl (C=O) groups is 1. The summed E-state index contributed by atoms with van der Waals surface area (Å²) in [5, 5.41) is 9.54. The molecule has 1 aliphatic rings. The Bertz CT molecular complexity index is 134. The number of hydrogen-bond donors (Lipinski definition) is 1. The van der Waals surface area contributed by atoms with E-state index >= 15 is 0 Å². The first-order valence-corrected chi connectivity index (χ1v) is 4.38. The number of aliphatic hydroxyl groups is 1. The van der Waals surface area contributed by atoms with Crippen molar-refractivity contribution in [2.75, 3.05) is 18.4 Å². The molecule has 0 aliphatic carbocycles. The Morgan fingerprint density at radius 1 is 1.70 bits per heavy atom. The van der Waals surface area contributed by atoms with Gasteiger partial charge in [-0.1, -0.05) is 15.9 Å². The number of nitrogens with zero attached hydrogens (tertiary/aromatic N) is 1. The highest BCUT2D eigenvalue weighted by molar-refractivity contribution is 9.09. The topological polar surface area (TPSA) is 40.5 Å². The second-order valence-corrected chi connectivity index (χ2v) is 3.18. The fourth-order valence-electron chi connectivity index (χ4n) is 0.898. The summed E-state index contributed by atoms with van der Waals surface area (Å²) in [6, 6.07) is 0. The van der Waals surface area contributed by atoms with E-state index in [1.54, 1.807) is 4.90 Å². The number of carbonyl (C=O) groups excluding carboxylic acids is 1. The Kier molecular flexibility index (Phi) is 2.68. The van der Waals surface area contributed by atoms with Crippen LogP contribution in [0.15, 0.2) is 0 Å². The van der Waals surface area contributed by atoms with Gasteiger partial charge in [0.15, 0.2) is 0 Å². The highest BCUT2D eigenvalue weighted by atomic mass is 79.9. The average Bonchev–Trinajstić information content (AvgIpc) is 1.82. The highest BCUT2D eigenvalue weighted by Crippen LogP contribution is 2.09. The van der Waals surface area contributed by atoms with Crippen molar-refractivity contribution in [2.24, 2.45) is 0 Å². The first-order chi connectivity index (χ1) is 4.74. The van der Waals surface area contributed by atoms with Gasteiger partial charge in [-0.3, -0.25) is 4.79 Å². The lowest BCUT2D eigenvalue weighted by Crippen LogP contribution is -2.53. The van der Waals surface area contributed by atoms with Gasteiger partial charge < -0.3 is 10.0 Å². The van der Waals surface area contributed by atoms with Gasteiger partial charge in [-0.25, -0.2) is 0 Å². The van der Waals surface area contributed by atoms with E-state index in [0.29, 0.717) is 24.8 Å². The standard InChI is InChI=1S/C6H10BrNO2/c7-2-1-6(10)8-3-5(9)4-8/h5,9H,1-4H2. The molecule has 0 unspecified atom stereocenters. The molecule has 1 rings (SSSR count). The second kappa shape index (κ2) is 3.34. The van der Waals surface area contributed by atoms with Gasteiger partial charge in [-0.15, -0.1) is 0 Å². The summed E-state index contributed by atoms with van der Waals surface area (Å²) in [5.41, 5.74) is 0. The predicted molar refractivity (Wildman–Crippen MR) is 41.0 cm³/mol. The van der Waals surface area contributed by atoms with Gasteiger partial charge in [0.05, 0.1) is 6.10 Å². The summed E-state index contributed by atoms with van der Waals surface area (Å²) in [6.45, 7) is 1.04. The molecule has 1 heterocycles. The molecule has 10 heavy (non-hydrogen) atoms. The highest BCUT2D eigenvalue weighted by Gasteiger charge is 2.27. The van der Waals surface area contributed by atoms with E-state index in [9.17, 15) is 4.79 Å². The summed E-state index contributed by atoms with van der Waals surface area (Å²) in [7, 11) is 0. The smallest absolute Gasteiger partial charge is 0.223 e. The normalized spacial score (nSPS) is 18.8. The number of β-amino-alcohol motifs (C(OH)–C–C–N with tert-alkyl or cyclic N) is 1. The maximum absolute atomic E-state index is 11.0. The van der Waals surface area contributed by atoms with Crippen molar-refractivity contribution >= 4 is 21.8 Å². The van der Waals surface area contributed by atoms with Crippen LogP contribution < -0.4 is 0 Å². The zero-order chi connectivity index (χ0) is 7.56. The summed E-state index contributed by atoms with van der Waals surface area (Å²) >= 11 is 3.18. The monoisotopic (exact) mass is 207 g/mol. The zero-order valence-electron chi connectivity index (χ0n) is 5.59. The van der Waals surface area contributed by atoms with E-state index in [1.165, 1.54) is 0 Å². The summed E-state index contributed by atoms with van der Waals surface area (Å²) in [4.78, 5) is 12.6. The Labute approximate surface area is 68.1 Å². The summed E-state index contributed by atoms with van der Waals surface area (Å²) in [6.07, 6.45) is 0.256. The van der Waals surface area contributed by atoms with Gasteiger partial charge in [0.2, 0.25) is 5.91 Å². The molecule has 0 aromatic rings. The van der Waals surface area contributed by atoms with Crippen LogP contribution in [0.4, 0.5) is 0 Å². The van der Waals surface area contributed by atoms with Crippen molar-refractivity contribution in [1.29, 1.82) is 0 Å². The van der Waals surface area contributed by atoms with E-state index < -0.39 is 0 Å². The largest absolute Gasteiger partial charge is 0.389 e. The number of likely N-dealkylation sites (tertiary alicyclic amines) is 1. The Hall–Kier alpha value is -0.0900. The molecule has 0 spiro atoms. The second-order valence-electron chi connectivity index (χ2n) is 2.39. The van der Waals surface area contributed by atoms with Gasteiger partial charge in [-0.2, -0.15) is 0 Å². The number of hydrogen-bond acceptors (Lipinski definition) is 2. The van der Waals surface area contributed by atoms with E-state index in [-0.39, 0.29) is 12.0 Å². The molecule has 1 amide bonds. The molecule has 0 aromatic carbocycles. The van der Waals surface area contributed by atoms with E-state index in [1.807, 2.05) is 0 Å². The molecule has 0 saturated carbocycles. The van der Waals surface area contributed by atoms with Crippen LogP contribution in [0.25, 0.3) is 0 Å². The van der Waals surface area contributed by atoms with Gasteiger partial charge in [0.25, 0.3) is 0 Å². The van der Waals surface area contributed by atoms with Gasteiger partial charge in [0, 0.05) is 24.8 Å². The van der Waals surface area contributed by atoms with Crippen molar-refractivity contribution < 1.29 is 9.90 Å². The minimum atomic E-state index is -0.278.